The maximum atomic E-state index is 14.4. The van der Waals surface area contributed by atoms with Crippen molar-refractivity contribution in [1.29, 1.82) is 0 Å². The molecule has 36 heavy (non-hydrogen) atoms. The molecule has 0 amide bonds. The molecule has 1 aromatic heterocycles. The molecule has 0 aliphatic heterocycles. The van der Waals surface area contributed by atoms with Crippen molar-refractivity contribution in [3.8, 4) is 5.88 Å². The van der Waals surface area contributed by atoms with Crippen LogP contribution in [0.4, 0.5) is 17.6 Å². The van der Waals surface area contributed by atoms with E-state index in [1.165, 1.54) is 18.5 Å². The average Bonchev–Trinajstić information content (AvgIpc) is 2.83. The number of nitrogens with zero attached hydrogens (tertiary/aromatic N) is 3. The molecule has 0 saturated heterocycles. The molecule has 0 atom stereocenters. The van der Waals surface area contributed by atoms with Gasteiger partial charge in [0.25, 0.3) is 5.88 Å². The molecular formula is C25H23ClF4N4O2. The van der Waals surface area contributed by atoms with E-state index in [1.54, 1.807) is 37.4 Å². The van der Waals surface area contributed by atoms with E-state index in [2.05, 4.69) is 9.98 Å². The second kappa shape index (κ2) is 11.9. The van der Waals surface area contributed by atoms with Crippen molar-refractivity contribution >= 4 is 17.8 Å². The Hall–Kier alpha value is -3.66. The summed E-state index contributed by atoms with van der Waals surface area (Å²) in [5, 5.41) is -0.340. The number of aliphatic imine (C=N–C) groups is 1. The summed E-state index contributed by atoms with van der Waals surface area (Å²) in [5.74, 6) is -1.20. The number of aromatic nitrogens is 2. The Morgan fingerprint density at radius 2 is 1.83 bits per heavy atom. The van der Waals surface area contributed by atoms with Gasteiger partial charge in [-0.3, -0.25) is 9.56 Å². The Morgan fingerprint density at radius 3 is 2.47 bits per heavy atom. The van der Waals surface area contributed by atoms with E-state index in [-0.39, 0.29) is 18.2 Å². The Kier molecular flexibility index (Phi) is 8.87. The fourth-order valence-corrected chi connectivity index (χ4v) is 3.61. The molecule has 6 nitrogen and oxygen atoms in total. The summed E-state index contributed by atoms with van der Waals surface area (Å²) in [5.41, 5.74) is 6.56. The van der Waals surface area contributed by atoms with Crippen molar-refractivity contribution in [3.05, 3.63) is 104 Å². The minimum atomic E-state index is -4.52. The molecular weight excluding hydrogens is 500 g/mol. The van der Waals surface area contributed by atoms with Crippen LogP contribution in [-0.4, -0.2) is 29.4 Å². The second-order valence-electron chi connectivity index (χ2n) is 7.84. The molecule has 3 rings (SSSR count). The van der Waals surface area contributed by atoms with Crippen molar-refractivity contribution < 1.29 is 22.3 Å². The number of rotatable bonds is 9. The van der Waals surface area contributed by atoms with Gasteiger partial charge in [-0.2, -0.15) is 22.5 Å². The Morgan fingerprint density at radius 1 is 1.17 bits per heavy atom. The predicted molar refractivity (Wildman–Crippen MR) is 130 cm³/mol. The molecule has 2 aromatic carbocycles. The van der Waals surface area contributed by atoms with Crippen LogP contribution in [0, 0.1) is 5.82 Å². The minimum Gasteiger partial charge on any atom is -0.475 e. The average molecular weight is 523 g/mol. The lowest BCUT2D eigenvalue weighted by molar-refractivity contribution is -0.137. The van der Waals surface area contributed by atoms with E-state index in [1.807, 2.05) is 0 Å². The van der Waals surface area contributed by atoms with Gasteiger partial charge in [0.1, 0.15) is 0 Å². The van der Waals surface area contributed by atoms with Crippen LogP contribution < -0.4 is 16.2 Å². The van der Waals surface area contributed by atoms with Crippen LogP contribution in [0.25, 0.3) is 0 Å². The van der Waals surface area contributed by atoms with Gasteiger partial charge in [0.2, 0.25) is 5.82 Å². The van der Waals surface area contributed by atoms with E-state index in [9.17, 15) is 22.4 Å². The first kappa shape index (κ1) is 26.9. The molecule has 0 fully saturated rings. The van der Waals surface area contributed by atoms with Gasteiger partial charge in [0.15, 0.2) is 0 Å². The second-order valence-corrected chi connectivity index (χ2v) is 8.24. The quantitative estimate of drug-likeness (QED) is 0.323. The SMILES string of the molecule is CN=CC(=CN)Cn1cc(F)c(OCCc2ccc(Cc3ccc(Cl)c(C(F)(F)F)c3)cc2)nc1=O. The first-order valence-corrected chi connectivity index (χ1v) is 11.1. The zero-order chi connectivity index (χ0) is 26.3. The van der Waals surface area contributed by atoms with Crippen LogP contribution in [0.3, 0.4) is 0 Å². The summed E-state index contributed by atoms with van der Waals surface area (Å²) in [4.78, 5) is 19.6. The van der Waals surface area contributed by atoms with Gasteiger partial charge in [0.05, 0.1) is 29.9 Å². The highest BCUT2D eigenvalue weighted by atomic mass is 35.5. The van der Waals surface area contributed by atoms with Crippen molar-refractivity contribution in [2.24, 2.45) is 10.7 Å². The van der Waals surface area contributed by atoms with E-state index in [4.69, 9.17) is 22.1 Å². The number of allylic oxidation sites excluding steroid dienone is 1. The molecule has 0 spiro atoms. The van der Waals surface area contributed by atoms with Crippen molar-refractivity contribution in [2.75, 3.05) is 13.7 Å². The Labute approximate surface area is 209 Å². The van der Waals surface area contributed by atoms with Gasteiger partial charge in [-0.15, -0.1) is 0 Å². The molecule has 0 bridgehead atoms. The van der Waals surface area contributed by atoms with Crippen molar-refractivity contribution in [1.82, 2.24) is 9.55 Å². The first-order valence-electron chi connectivity index (χ1n) is 10.8. The van der Waals surface area contributed by atoms with Gasteiger partial charge in [-0.05, 0) is 35.2 Å². The molecule has 1 heterocycles. The number of hydrogen-bond acceptors (Lipinski definition) is 5. The van der Waals surface area contributed by atoms with E-state index < -0.39 is 29.1 Å². The Balaban J connectivity index is 1.59. The predicted octanol–water partition coefficient (Wildman–Crippen LogP) is 4.81. The molecule has 0 aliphatic carbocycles. The van der Waals surface area contributed by atoms with E-state index >= 15 is 0 Å². The monoisotopic (exact) mass is 522 g/mol. The number of alkyl halides is 3. The number of ether oxygens (including phenoxy) is 1. The Bertz CT molecular complexity index is 1320. The highest BCUT2D eigenvalue weighted by Crippen LogP contribution is 2.35. The summed E-state index contributed by atoms with van der Waals surface area (Å²) >= 11 is 5.67. The zero-order valence-corrected chi connectivity index (χ0v) is 20.0. The fourth-order valence-electron chi connectivity index (χ4n) is 3.39. The van der Waals surface area contributed by atoms with Crippen molar-refractivity contribution in [3.63, 3.8) is 0 Å². The summed E-state index contributed by atoms with van der Waals surface area (Å²) in [6, 6.07) is 11.0. The van der Waals surface area contributed by atoms with Crippen molar-refractivity contribution in [2.45, 2.75) is 25.6 Å². The van der Waals surface area contributed by atoms with Gasteiger partial charge in [0, 0.05) is 31.5 Å². The summed E-state index contributed by atoms with van der Waals surface area (Å²) in [7, 11) is 1.54. The molecule has 3 aromatic rings. The number of halogens is 5. The van der Waals surface area contributed by atoms with Crippen LogP contribution in [0.2, 0.25) is 5.02 Å². The van der Waals surface area contributed by atoms with Gasteiger partial charge in [-0.25, -0.2) is 4.79 Å². The molecule has 0 unspecified atom stereocenters. The van der Waals surface area contributed by atoms with Crippen LogP contribution in [0.1, 0.15) is 22.3 Å². The molecule has 0 radical (unpaired) electrons. The lowest BCUT2D eigenvalue weighted by Crippen LogP contribution is -2.25. The molecule has 11 heteroatoms. The summed E-state index contributed by atoms with van der Waals surface area (Å²) < 4.78 is 60.0. The third-order valence-electron chi connectivity index (χ3n) is 5.18. The van der Waals surface area contributed by atoms with E-state index in [0.717, 1.165) is 28.0 Å². The van der Waals surface area contributed by atoms with Gasteiger partial charge < -0.3 is 10.5 Å². The van der Waals surface area contributed by atoms with Gasteiger partial charge >= 0.3 is 11.9 Å². The maximum absolute atomic E-state index is 14.4. The highest BCUT2D eigenvalue weighted by molar-refractivity contribution is 6.31. The van der Waals surface area contributed by atoms with Crippen LogP contribution in [0.15, 0.2) is 70.2 Å². The lowest BCUT2D eigenvalue weighted by Gasteiger charge is -2.11. The van der Waals surface area contributed by atoms with E-state index in [0.29, 0.717) is 24.0 Å². The van der Waals surface area contributed by atoms with Gasteiger partial charge in [-0.1, -0.05) is 41.9 Å². The largest absolute Gasteiger partial charge is 0.475 e. The molecule has 0 saturated carbocycles. The summed E-state index contributed by atoms with van der Waals surface area (Å²) in [6.07, 6.45) is -0.110. The maximum Gasteiger partial charge on any atom is 0.417 e. The third kappa shape index (κ3) is 7.17. The molecule has 0 aliphatic rings. The smallest absolute Gasteiger partial charge is 0.417 e. The zero-order valence-electron chi connectivity index (χ0n) is 19.2. The molecule has 190 valence electrons. The first-order chi connectivity index (χ1) is 17.1. The topological polar surface area (TPSA) is 82.5 Å². The minimum absolute atomic E-state index is 0.0107. The highest BCUT2D eigenvalue weighted by Gasteiger charge is 2.33. The van der Waals surface area contributed by atoms with Crippen LogP contribution in [-0.2, 0) is 25.6 Å². The van der Waals surface area contributed by atoms with Crippen LogP contribution in [0.5, 0.6) is 5.88 Å². The standard InChI is InChI=1S/C25H23ClF4N4O2/c1-32-13-19(12-31)14-34-15-22(27)23(33-24(34)35)36-9-8-16-2-4-17(5-3-16)10-18-6-7-21(26)20(11-18)25(28,29)30/h2-7,11-13,15H,8-10,14,31H2,1H3. The third-order valence-corrected chi connectivity index (χ3v) is 5.50. The number of benzene rings is 2. The lowest BCUT2D eigenvalue weighted by atomic mass is 10.0. The summed E-state index contributed by atoms with van der Waals surface area (Å²) in [6.45, 7) is 0.0754. The van der Waals surface area contributed by atoms with Crippen LogP contribution >= 0.6 is 11.6 Å². The number of hydrogen-bond donors (Lipinski definition) is 1. The molecule has 2 N–H and O–H groups in total. The number of nitrogens with two attached hydrogens (primary N) is 1. The fraction of sp³-hybridized carbons (Fsp3) is 0.240. The normalized spacial score (nSPS) is 12.3.